The number of hydrogen-bond acceptors (Lipinski definition) is 3. The predicted octanol–water partition coefficient (Wildman–Crippen LogP) is 3.84. The summed E-state index contributed by atoms with van der Waals surface area (Å²) in [5.41, 5.74) is 2.27. The van der Waals surface area contributed by atoms with Crippen molar-refractivity contribution in [2.45, 2.75) is 59.0 Å². The van der Waals surface area contributed by atoms with Gasteiger partial charge in [0.15, 0.2) is 0 Å². The van der Waals surface area contributed by atoms with Gasteiger partial charge < -0.3 is 9.47 Å². The van der Waals surface area contributed by atoms with E-state index in [1.54, 1.807) is 0 Å². The van der Waals surface area contributed by atoms with Gasteiger partial charge in [0.1, 0.15) is 6.79 Å². The number of aryl methyl sites for hydroxylation is 1. The lowest BCUT2D eigenvalue weighted by atomic mass is 10.0. The van der Waals surface area contributed by atoms with Crippen LogP contribution in [-0.4, -0.2) is 31.3 Å². The molecule has 0 saturated carbocycles. The van der Waals surface area contributed by atoms with Crippen molar-refractivity contribution >= 4 is 8.07 Å². The van der Waals surface area contributed by atoms with Crippen LogP contribution in [0, 0.1) is 5.92 Å². The monoisotopic (exact) mass is 312 g/mol. The van der Waals surface area contributed by atoms with E-state index in [-0.39, 0.29) is 0 Å². The number of rotatable bonds is 10. The predicted molar refractivity (Wildman–Crippen MR) is 90.1 cm³/mol. The first-order valence-corrected chi connectivity index (χ1v) is 11.7. The minimum absolute atomic E-state index is 0.371. The second-order valence-corrected chi connectivity index (χ2v) is 12.8. The lowest BCUT2D eigenvalue weighted by Crippen LogP contribution is -2.22. The Morgan fingerprint density at radius 1 is 1.29 bits per heavy atom. The van der Waals surface area contributed by atoms with E-state index in [4.69, 9.17) is 9.47 Å². The molecule has 1 aromatic heterocycles. The molecule has 0 N–H and O–H groups in total. The van der Waals surface area contributed by atoms with Gasteiger partial charge in [-0.25, -0.2) is 0 Å². The lowest BCUT2D eigenvalue weighted by Gasteiger charge is -2.15. The first-order valence-electron chi connectivity index (χ1n) is 7.99. The average molecular weight is 313 g/mol. The van der Waals surface area contributed by atoms with Crippen LogP contribution in [0.25, 0.3) is 0 Å². The van der Waals surface area contributed by atoms with Crippen LogP contribution in [-0.2, 0) is 29.5 Å². The number of hydrogen-bond donors (Lipinski definition) is 0. The molecule has 0 fully saturated rings. The standard InChI is InChI=1S/C16H32N2O2Si/c1-7-14(2)10-15-11-16(18(3)17-15)12-20-13-19-8-9-21(4,5)6/h11,14H,7-10,12-13H2,1-6H3. The SMILES string of the molecule is CCC(C)Cc1cc(COCOCC[Si](C)(C)C)n(C)n1. The molecule has 1 heterocycles. The van der Waals surface area contributed by atoms with Crippen molar-refractivity contribution in [3.8, 4) is 0 Å². The first kappa shape index (κ1) is 18.4. The smallest absolute Gasteiger partial charge is 0.147 e. The Balaban J connectivity index is 2.26. The Bertz CT molecular complexity index is 413. The Morgan fingerprint density at radius 2 is 2.00 bits per heavy atom. The van der Waals surface area contributed by atoms with Gasteiger partial charge in [0.25, 0.3) is 0 Å². The van der Waals surface area contributed by atoms with Crippen molar-refractivity contribution in [2.75, 3.05) is 13.4 Å². The first-order chi connectivity index (χ1) is 9.81. The molecule has 5 heteroatoms. The normalized spacial score (nSPS) is 13.6. The zero-order valence-electron chi connectivity index (χ0n) is 14.6. The molecular weight excluding hydrogens is 280 g/mol. The summed E-state index contributed by atoms with van der Waals surface area (Å²) in [6.45, 7) is 13.3. The second-order valence-electron chi connectivity index (χ2n) is 7.15. The van der Waals surface area contributed by atoms with Gasteiger partial charge >= 0.3 is 0 Å². The molecule has 0 aliphatic carbocycles. The summed E-state index contributed by atoms with van der Waals surface area (Å²) in [6.07, 6.45) is 2.23. The molecular formula is C16H32N2O2Si. The van der Waals surface area contributed by atoms with E-state index in [1.165, 1.54) is 12.5 Å². The fraction of sp³-hybridized carbons (Fsp3) is 0.812. The van der Waals surface area contributed by atoms with Crippen LogP contribution < -0.4 is 0 Å². The summed E-state index contributed by atoms with van der Waals surface area (Å²) in [7, 11) is 0.976. The highest BCUT2D eigenvalue weighted by Crippen LogP contribution is 2.12. The molecule has 0 aromatic carbocycles. The number of aromatic nitrogens is 2. The fourth-order valence-corrected chi connectivity index (χ4v) is 2.71. The molecule has 0 aliphatic rings. The molecule has 0 aliphatic heterocycles. The average Bonchev–Trinajstić information content (AvgIpc) is 2.72. The van der Waals surface area contributed by atoms with E-state index in [2.05, 4.69) is 44.7 Å². The van der Waals surface area contributed by atoms with Gasteiger partial charge in [-0.15, -0.1) is 0 Å². The van der Waals surface area contributed by atoms with E-state index in [0.717, 1.165) is 24.4 Å². The van der Waals surface area contributed by atoms with E-state index in [0.29, 0.717) is 19.3 Å². The maximum Gasteiger partial charge on any atom is 0.147 e. The van der Waals surface area contributed by atoms with E-state index in [1.807, 2.05) is 11.7 Å². The quantitative estimate of drug-likeness (QED) is 0.374. The van der Waals surface area contributed by atoms with Crippen LogP contribution in [0.5, 0.6) is 0 Å². The molecule has 1 rings (SSSR count). The molecule has 122 valence electrons. The maximum atomic E-state index is 5.59. The van der Waals surface area contributed by atoms with Gasteiger partial charge in [-0.3, -0.25) is 4.68 Å². The van der Waals surface area contributed by atoms with Gasteiger partial charge in [0.2, 0.25) is 0 Å². The van der Waals surface area contributed by atoms with Crippen LogP contribution in [0.15, 0.2) is 6.07 Å². The summed E-state index contributed by atoms with van der Waals surface area (Å²) < 4.78 is 13.1. The van der Waals surface area contributed by atoms with Gasteiger partial charge in [-0.2, -0.15) is 5.10 Å². The van der Waals surface area contributed by atoms with Crippen molar-refractivity contribution in [3.05, 3.63) is 17.5 Å². The van der Waals surface area contributed by atoms with E-state index in [9.17, 15) is 0 Å². The molecule has 1 aromatic rings. The Labute approximate surface area is 130 Å². The molecule has 1 unspecified atom stereocenters. The number of ether oxygens (including phenoxy) is 2. The van der Waals surface area contributed by atoms with Crippen LogP contribution in [0.3, 0.4) is 0 Å². The zero-order valence-corrected chi connectivity index (χ0v) is 15.6. The Kier molecular flexibility index (Phi) is 7.63. The summed E-state index contributed by atoms with van der Waals surface area (Å²) >= 11 is 0. The van der Waals surface area contributed by atoms with Gasteiger partial charge in [0, 0.05) is 21.7 Å². The largest absolute Gasteiger partial charge is 0.356 e. The molecule has 0 spiro atoms. The summed E-state index contributed by atoms with van der Waals surface area (Å²) in [4.78, 5) is 0. The highest BCUT2D eigenvalue weighted by molar-refractivity contribution is 6.76. The summed E-state index contributed by atoms with van der Waals surface area (Å²) in [5.74, 6) is 0.679. The van der Waals surface area contributed by atoms with Crippen LogP contribution in [0.1, 0.15) is 31.7 Å². The van der Waals surface area contributed by atoms with Crippen LogP contribution >= 0.6 is 0 Å². The van der Waals surface area contributed by atoms with Crippen molar-refractivity contribution in [3.63, 3.8) is 0 Å². The lowest BCUT2D eigenvalue weighted by molar-refractivity contribution is -0.0589. The van der Waals surface area contributed by atoms with Crippen molar-refractivity contribution in [1.82, 2.24) is 9.78 Å². The Hall–Kier alpha value is -0.653. The Morgan fingerprint density at radius 3 is 2.62 bits per heavy atom. The van der Waals surface area contributed by atoms with Crippen molar-refractivity contribution in [1.29, 1.82) is 0 Å². The molecule has 21 heavy (non-hydrogen) atoms. The third-order valence-corrected chi connectivity index (χ3v) is 5.40. The van der Waals surface area contributed by atoms with Crippen molar-refractivity contribution < 1.29 is 9.47 Å². The molecule has 1 atom stereocenters. The molecule has 0 saturated heterocycles. The van der Waals surface area contributed by atoms with E-state index < -0.39 is 8.07 Å². The third kappa shape index (κ3) is 7.78. The molecule has 4 nitrogen and oxygen atoms in total. The van der Waals surface area contributed by atoms with Gasteiger partial charge in [0.05, 0.1) is 18.0 Å². The highest BCUT2D eigenvalue weighted by atomic mass is 28.3. The summed E-state index contributed by atoms with van der Waals surface area (Å²) in [5, 5.41) is 4.55. The minimum Gasteiger partial charge on any atom is -0.356 e. The third-order valence-electron chi connectivity index (χ3n) is 3.69. The topological polar surface area (TPSA) is 36.3 Å². The van der Waals surface area contributed by atoms with Crippen molar-refractivity contribution in [2.24, 2.45) is 13.0 Å². The van der Waals surface area contributed by atoms with Gasteiger partial charge in [-0.05, 0) is 24.4 Å². The minimum atomic E-state index is -1.00. The molecule has 0 amide bonds. The van der Waals surface area contributed by atoms with E-state index >= 15 is 0 Å². The maximum absolute atomic E-state index is 5.59. The highest BCUT2D eigenvalue weighted by Gasteiger charge is 2.12. The van der Waals surface area contributed by atoms with Crippen LogP contribution in [0.4, 0.5) is 0 Å². The number of nitrogens with zero attached hydrogens (tertiary/aromatic N) is 2. The van der Waals surface area contributed by atoms with Gasteiger partial charge in [-0.1, -0.05) is 39.9 Å². The molecule has 0 radical (unpaired) electrons. The fourth-order valence-electron chi connectivity index (χ4n) is 1.95. The zero-order chi connectivity index (χ0) is 15.9. The van der Waals surface area contributed by atoms with Crippen LogP contribution in [0.2, 0.25) is 25.7 Å². The second kappa shape index (κ2) is 8.71. The summed E-state index contributed by atoms with van der Waals surface area (Å²) in [6, 6.07) is 3.33. The molecule has 0 bridgehead atoms.